The van der Waals surface area contributed by atoms with E-state index in [1.54, 1.807) is 0 Å². The van der Waals surface area contributed by atoms with Crippen LogP contribution in [-0.4, -0.2) is 21.5 Å². The monoisotopic (exact) mass is 140 g/mol. The van der Waals surface area contributed by atoms with Gasteiger partial charge in [0.15, 0.2) is 0 Å². The lowest BCUT2D eigenvalue weighted by atomic mass is 10.3. The van der Waals surface area contributed by atoms with Crippen molar-refractivity contribution in [2.24, 2.45) is 0 Å². The molecule has 0 atom stereocenters. The van der Waals surface area contributed by atoms with Gasteiger partial charge in [-0.2, -0.15) is 5.10 Å². The van der Waals surface area contributed by atoms with E-state index < -0.39 is 0 Å². The fourth-order valence-electron chi connectivity index (χ4n) is 0.828. The van der Waals surface area contributed by atoms with E-state index in [2.05, 4.69) is 5.10 Å². The highest BCUT2D eigenvalue weighted by Crippen LogP contribution is 1.95. The standard InChI is InChI=1S/C7H12N2O/c1-2-9-5-3-7(8-9)4-6-10/h3,5,10H,2,4,6H2,1H3. The van der Waals surface area contributed by atoms with Crippen LogP contribution in [0.3, 0.4) is 0 Å². The molecule has 0 saturated heterocycles. The summed E-state index contributed by atoms with van der Waals surface area (Å²) in [5.74, 6) is 0. The highest BCUT2D eigenvalue weighted by atomic mass is 16.3. The van der Waals surface area contributed by atoms with Crippen LogP contribution < -0.4 is 0 Å². The predicted octanol–water partition coefficient (Wildman–Crippen LogP) is 0.438. The molecule has 0 aliphatic rings. The van der Waals surface area contributed by atoms with Crippen molar-refractivity contribution in [3.05, 3.63) is 18.0 Å². The molecule has 1 aromatic heterocycles. The number of nitrogens with zero attached hydrogens (tertiary/aromatic N) is 2. The van der Waals surface area contributed by atoms with Gasteiger partial charge in [0.25, 0.3) is 0 Å². The lowest BCUT2D eigenvalue weighted by molar-refractivity contribution is 0.297. The first-order valence-electron chi connectivity index (χ1n) is 3.50. The smallest absolute Gasteiger partial charge is 0.0647 e. The third-order valence-corrected chi connectivity index (χ3v) is 1.39. The fourth-order valence-corrected chi connectivity index (χ4v) is 0.828. The third-order valence-electron chi connectivity index (χ3n) is 1.39. The van der Waals surface area contributed by atoms with Gasteiger partial charge < -0.3 is 5.11 Å². The summed E-state index contributed by atoms with van der Waals surface area (Å²) in [7, 11) is 0. The van der Waals surface area contributed by atoms with E-state index in [0.29, 0.717) is 6.42 Å². The second-order valence-electron chi connectivity index (χ2n) is 2.14. The van der Waals surface area contributed by atoms with Gasteiger partial charge in [0.1, 0.15) is 0 Å². The number of aliphatic hydroxyl groups excluding tert-OH is 1. The van der Waals surface area contributed by atoms with Crippen molar-refractivity contribution in [2.45, 2.75) is 19.9 Å². The Bertz CT molecular complexity index is 195. The number of aliphatic hydroxyl groups is 1. The molecule has 0 aliphatic carbocycles. The van der Waals surface area contributed by atoms with Crippen molar-refractivity contribution in [1.82, 2.24) is 9.78 Å². The molecule has 3 heteroatoms. The third kappa shape index (κ3) is 1.57. The zero-order valence-corrected chi connectivity index (χ0v) is 6.12. The Morgan fingerprint density at radius 2 is 2.50 bits per heavy atom. The maximum Gasteiger partial charge on any atom is 0.0647 e. The Labute approximate surface area is 60.3 Å². The van der Waals surface area contributed by atoms with Gasteiger partial charge in [0.2, 0.25) is 0 Å². The van der Waals surface area contributed by atoms with Gasteiger partial charge in [-0.15, -0.1) is 0 Å². The molecule has 1 N–H and O–H groups in total. The van der Waals surface area contributed by atoms with Crippen LogP contribution in [0.1, 0.15) is 12.6 Å². The first-order chi connectivity index (χ1) is 4.86. The first kappa shape index (κ1) is 7.28. The highest BCUT2D eigenvalue weighted by Gasteiger charge is 1.94. The van der Waals surface area contributed by atoms with E-state index in [1.807, 2.05) is 23.9 Å². The van der Waals surface area contributed by atoms with E-state index in [1.165, 1.54) is 0 Å². The quantitative estimate of drug-likeness (QED) is 0.661. The van der Waals surface area contributed by atoms with Crippen molar-refractivity contribution in [3.63, 3.8) is 0 Å². The lowest BCUT2D eigenvalue weighted by Crippen LogP contribution is -1.97. The highest BCUT2D eigenvalue weighted by molar-refractivity contribution is 4.98. The summed E-state index contributed by atoms with van der Waals surface area (Å²) < 4.78 is 1.85. The van der Waals surface area contributed by atoms with Crippen LogP contribution in [0, 0.1) is 0 Å². The normalized spacial score (nSPS) is 10.2. The molecule has 10 heavy (non-hydrogen) atoms. The second kappa shape index (κ2) is 3.37. The van der Waals surface area contributed by atoms with Crippen molar-refractivity contribution in [2.75, 3.05) is 6.61 Å². The zero-order chi connectivity index (χ0) is 7.40. The molecule has 1 heterocycles. The Hall–Kier alpha value is -0.830. The molecule has 0 aliphatic heterocycles. The number of rotatable bonds is 3. The molecule has 0 bridgehead atoms. The van der Waals surface area contributed by atoms with Crippen LogP contribution in [0.15, 0.2) is 12.3 Å². The predicted molar refractivity (Wildman–Crippen MR) is 38.7 cm³/mol. The summed E-state index contributed by atoms with van der Waals surface area (Å²) >= 11 is 0. The summed E-state index contributed by atoms with van der Waals surface area (Å²) in [4.78, 5) is 0. The van der Waals surface area contributed by atoms with Crippen molar-refractivity contribution in [3.8, 4) is 0 Å². The fraction of sp³-hybridized carbons (Fsp3) is 0.571. The van der Waals surface area contributed by atoms with Gasteiger partial charge in [-0.1, -0.05) is 0 Å². The number of aromatic nitrogens is 2. The Balaban J connectivity index is 2.59. The molecule has 0 saturated carbocycles. The molecule has 0 amide bonds. The molecule has 3 nitrogen and oxygen atoms in total. The van der Waals surface area contributed by atoms with Crippen LogP contribution in [0.5, 0.6) is 0 Å². The number of hydrogen-bond acceptors (Lipinski definition) is 2. The van der Waals surface area contributed by atoms with Crippen LogP contribution in [0.25, 0.3) is 0 Å². The van der Waals surface area contributed by atoms with Gasteiger partial charge in [0.05, 0.1) is 5.69 Å². The minimum Gasteiger partial charge on any atom is -0.396 e. The Morgan fingerprint density at radius 3 is 3.00 bits per heavy atom. The lowest BCUT2D eigenvalue weighted by Gasteiger charge is -1.91. The summed E-state index contributed by atoms with van der Waals surface area (Å²) in [6.07, 6.45) is 2.58. The van der Waals surface area contributed by atoms with Crippen LogP contribution in [0.4, 0.5) is 0 Å². The van der Waals surface area contributed by atoms with Gasteiger partial charge in [-0.3, -0.25) is 4.68 Å². The summed E-state index contributed by atoms with van der Waals surface area (Å²) in [6, 6.07) is 1.93. The maximum absolute atomic E-state index is 8.55. The molecular formula is C7H12N2O. The molecule has 0 aromatic carbocycles. The van der Waals surface area contributed by atoms with Gasteiger partial charge in [-0.05, 0) is 13.0 Å². The number of aryl methyl sites for hydroxylation is 1. The van der Waals surface area contributed by atoms with Crippen LogP contribution >= 0.6 is 0 Å². The average Bonchev–Trinajstić information content (AvgIpc) is 2.37. The summed E-state index contributed by atoms with van der Waals surface area (Å²) in [6.45, 7) is 3.11. The number of hydrogen-bond donors (Lipinski definition) is 1. The van der Waals surface area contributed by atoms with E-state index in [-0.39, 0.29) is 6.61 Å². The molecule has 56 valence electrons. The Morgan fingerprint density at radius 1 is 1.70 bits per heavy atom. The van der Waals surface area contributed by atoms with E-state index in [0.717, 1.165) is 12.2 Å². The SMILES string of the molecule is CCn1ccc(CCO)n1. The molecule has 0 spiro atoms. The molecule has 0 radical (unpaired) electrons. The molecular weight excluding hydrogens is 128 g/mol. The van der Waals surface area contributed by atoms with Gasteiger partial charge >= 0.3 is 0 Å². The van der Waals surface area contributed by atoms with E-state index in [4.69, 9.17) is 5.11 Å². The topological polar surface area (TPSA) is 38.0 Å². The minimum atomic E-state index is 0.181. The van der Waals surface area contributed by atoms with Gasteiger partial charge in [-0.25, -0.2) is 0 Å². The maximum atomic E-state index is 8.55. The second-order valence-corrected chi connectivity index (χ2v) is 2.14. The van der Waals surface area contributed by atoms with E-state index >= 15 is 0 Å². The molecule has 1 aromatic rings. The largest absolute Gasteiger partial charge is 0.396 e. The zero-order valence-electron chi connectivity index (χ0n) is 6.12. The molecule has 0 unspecified atom stereocenters. The van der Waals surface area contributed by atoms with Crippen LogP contribution in [0.2, 0.25) is 0 Å². The molecule has 1 rings (SSSR count). The summed E-state index contributed by atoms with van der Waals surface area (Å²) in [5.41, 5.74) is 0.962. The first-order valence-corrected chi connectivity index (χ1v) is 3.50. The van der Waals surface area contributed by atoms with Gasteiger partial charge in [0, 0.05) is 25.8 Å². The van der Waals surface area contributed by atoms with E-state index in [9.17, 15) is 0 Å². The average molecular weight is 140 g/mol. The minimum absolute atomic E-state index is 0.181. The van der Waals surface area contributed by atoms with Crippen molar-refractivity contribution >= 4 is 0 Å². The Kier molecular flexibility index (Phi) is 2.45. The molecule has 0 fully saturated rings. The van der Waals surface area contributed by atoms with Crippen LogP contribution in [-0.2, 0) is 13.0 Å². The summed E-state index contributed by atoms with van der Waals surface area (Å²) in [5, 5.41) is 12.7. The van der Waals surface area contributed by atoms with Crippen molar-refractivity contribution in [1.29, 1.82) is 0 Å². The van der Waals surface area contributed by atoms with Crippen molar-refractivity contribution < 1.29 is 5.11 Å².